The second kappa shape index (κ2) is 13.4. The van der Waals surface area contributed by atoms with Crippen LogP contribution in [-0.2, 0) is 22.6 Å². The number of amides is 2. The van der Waals surface area contributed by atoms with Gasteiger partial charge in [-0.1, -0.05) is 91.7 Å². The van der Waals surface area contributed by atoms with Crippen LogP contribution in [-0.4, -0.2) is 35.1 Å². The fourth-order valence-corrected chi connectivity index (χ4v) is 4.63. The molecule has 3 aromatic rings. The summed E-state index contributed by atoms with van der Waals surface area (Å²) in [5.74, 6) is 0.288. The second-order valence-electron chi connectivity index (χ2n) is 9.06. The van der Waals surface area contributed by atoms with Gasteiger partial charge >= 0.3 is 0 Å². The molecule has 0 saturated carbocycles. The van der Waals surface area contributed by atoms with E-state index in [2.05, 4.69) is 19.2 Å². The van der Waals surface area contributed by atoms with E-state index in [9.17, 15) is 9.59 Å². The normalized spacial score (nSPS) is 11.8. The highest BCUT2D eigenvalue weighted by atomic mass is 35.5. The fourth-order valence-electron chi connectivity index (χ4n) is 3.65. The van der Waals surface area contributed by atoms with Gasteiger partial charge in [-0.2, -0.15) is 0 Å². The van der Waals surface area contributed by atoms with E-state index in [1.165, 1.54) is 17.3 Å². The Labute approximate surface area is 218 Å². The summed E-state index contributed by atoms with van der Waals surface area (Å²) in [5.41, 5.74) is 2.99. The molecular weight excluding hydrogens is 476 g/mol. The molecule has 0 heterocycles. The first-order valence-electron chi connectivity index (χ1n) is 11.9. The summed E-state index contributed by atoms with van der Waals surface area (Å²) in [6.07, 6.45) is 0.427. The summed E-state index contributed by atoms with van der Waals surface area (Å²) in [7, 11) is 0. The van der Waals surface area contributed by atoms with Gasteiger partial charge in [0.25, 0.3) is 0 Å². The highest BCUT2D eigenvalue weighted by Crippen LogP contribution is 2.23. The number of hydrogen-bond acceptors (Lipinski definition) is 3. The third-order valence-corrected chi connectivity index (χ3v) is 7.00. The van der Waals surface area contributed by atoms with Crippen molar-refractivity contribution in [3.8, 4) is 0 Å². The van der Waals surface area contributed by atoms with Gasteiger partial charge in [-0.05, 0) is 42.2 Å². The molecule has 0 spiro atoms. The molecule has 6 heteroatoms. The van der Waals surface area contributed by atoms with Crippen molar-refractivity contribution in [1.82, 2.24) is 10.2 Å². The van der Waals surface area contributed by atoms with Gasteiger partial charge < -0.3 is 10.2 Å². The zero-order valence-corrected chi connectivity index (χ0v) is 22.1. The second-order valence-corrected chi connectivity index (χ2v) is 10.5. The maximum atomic E-state index is 13.7. The highest BCUT2D eigenvalue weighted by Gasteiger charge is 2.30. The molecule has 0 saturated heterocycles. The molecule has 2 amide bonds. The van der Waals surface area contributed by atoms with Crippen LogP contribution < -0.4 is 5.32 Å². The predicted molar refractivity (Wildman–Crippen MR) is 146 cm³/mol. The minimum atomic E-state index is -0.654. The van der Waals surface area contributed by atoms with E-state index in [0.29, 0.717) is 23.9 Å². The van der Waals surface area contributed by atoms with E-state index in [-0.39, 0.29) is 24.1 Å². The van der Waals surface area contributed by atoms with Crippen LogP contribution in [0.1, 0.15) is 30.5 Å². The van der Waals surface area contributed by atoms with E-state index in [1.54, 1.807) is 4.90 Å². The molecule has 0 bridgehead atoms. The van der Waals surface area contributed by atoms with Crippen molar-refractivity contribution in [2.24, 2.45) is 5.92 Å². The van der Waals surface area contributed by atoms with Crippen LogP contribution in [0.4, 0.5) is 0 Å². The zero-order valence-electron chi connectivity index (χ0n) is 20.5. The Hall–Kier alpha value is -2.76. The highest BCUT2D eigenvalue weighted by molar-refractivity contribution is 8.00. The number of aryl methyl sites for hydroxylation is 1. The quantitative estimate of drug-likeness (QED) is 0.316. The molecule has 1 N–H and O–H groups in total. The van der Waals surface area contributed by atoms with Gasteiger partial charge in [0.1, 0.15) is 6.04 Å². The average molecular weight is 509 g/mol. The molecule has 1 atom stereocenters. The summed E-state index contributed by atoms with van der Waals surface area (Å²) in [6, 6.07) is 24.7. The van der Waals surface area contributed by atoms with Crippen molar-refractivity contribution >= 4 is 35.2 Å². The molecule has 0 fully saturated rings. The molecule has 184 valence electrons. The van der Waals surface area contributed by atoms with Gasteiger partial charge in [-0.15, -0.1) is 11.8 Å². The maximum Gasteiger partial charge on any atom is 0.243 e. The molecule has 0 aliphatic rings. The Bertz CT molecular complexity index is 1100. The van der Waals surface area contributed by atoms with E-state index >= 15 is 0 Å². The van der Waals surface area contributed by atoms with Crippen LogP contribution in [0.15, 0.2) is 83.8 Å². The number of hydrogen-bond donors (Lipinski definition) is 1. The number of carbonyl (C=O) groups excluding carboxylic acids is 2. The minimum Gasteiger partial charge on any atom is -0.354 e. The van der Waals surface area contributed by atoms with Gasteiger partial charge in [0.05, 0.1) is 5.75 Å². The number of thioether (sulfide) groups is 1. The van der Waals surface area contributed by atoms with Gasteiger partial charge in [0, 0.05) is 29.4 Å². The number of nitrogens with zero attached hydrogens (tertiary/aromatic N) is 1. The van der Waals surface area contributed by atoms with Crippen LogP contribution in [0.5, 0.6) is 0 Å². The SMILES string of the molecule is Cc1ccc(SCC(=O)N(Cc2ccccc2Cl)[C@@H](Cc2ccccc2)C(=O)NCC(C)C)cc1. The number of nitrogens with one attached hydrogen (secondary N) is 1. The van der Waals surface area contributed by atoms with Crippen molar-refractivity contribution in [2.45, 2.75) is 44.7 Å². The van der Waals surface area contributed by atoms with Crippen LogP contribution in [0.3, 0.4) is 0 Å². The first kappa shape index (κ1) is 26.8. The Morgan fingerprint density at radius 3 is 2.26 bits per heavy atom. The van der Waals surface area contributed by atoms with Crippen molar-refractivity contribution in [2.75, 3.05) is 12.3 Å². The number of rotatable bonds is 11. The van der Waals surface area contributed by atoms with Crippen LogP contribution in [0, 0.1) is 12.8 Å². The van der Waals surface area contributed by atoms with Gasteiger partial charge in [-0.3, -0.25) is 9.59 Å². The Balaban J connectivity index is 1.90. The zero-order chi connectivity index (χ0) is 25.2. The largest absolute Gasteiger partial charge is 0.354 e. The Morgan fingerprint density at radius 1 is 0.943 bits per heavy atom. The van der Waals surface area contributed by atoms with Crippen LogP contribution in [0.25, 0.3) is 0 Å². The van der Waals surface area contributed by atoms with Crippen molar-refractivity contribution in [3.05, 3.63) is 101 Å². The fraction of sp³-hybridized carbons (Fsp3) is 0.310. The molecule has 4 nitrogen and oxygen atoms in total. The number of benzene rings is 3. The molecule has 0 aliphatic carbocycles. The Morgan fingerprint density at radius 2 is 1.60 bits per heavy atom. The summed E-state index contributed by atoms with van der Waals surface area (Å²) in [5, 5.41) is 3.63. The minimum absolute atomic E-state index is 0.101. The van der Waals surface area contributed by atoms with Crippen molar-refractivity contribution in [1.29, 1.82) is 0 Å². The van der Waals surface area contributed by atoms with Gasteiger partial charge in [0.15, 0.2) is 0 Å². The lowest BCUT2D eigenvalue weighted by molar-refractivity contribution is -0.139. The van der Waals surface area contributed by atoms with E-state index in [0.717, 1.165) is 16.0 Å². The van der Waals surface area contributed by atoms with E-state index in [1.807, 2.05) is 85.8 Å². The predicted octanol–water partition coefficient (Wildman–Crippen LogP) is 6.15. The summed E-state index contributed by atoms with van der Waals surface area (Å²) < 4.78 is 0. The van der Waals surface area contributed by atoms with Gasteiger partial charge in [-0.25, -0.2) is 0 Å². The Kier molecular flexibility index (Phi) is 10.2. The molecule has 0 aliphatic heterocycles. The summed E-state index contributed by atoms with van der Waals surface area (Å²) in [6.45, 7) is 6.96. The van der Waals surface area contributed by atoms with E-state index < -0.39 is 6.04 Å². The number of carbonyl (C=O) groups is 2. The molecule has 3 aromatic carbocycles. The van der Waals surface area contributed by atoms with E-state index in [4.69, 9.17) is 11.6 Å². The molecule has 35 heavy (non-hydrogen) atoms. The van der Waals surface area contributed by atoms with Crippen molar-refractivity contribution in [3.63, 3.8) is 0 Å². The average Bonchev–Trinajstić information content (AvgIpc) is 2.85. The first-order chi connectivity index (χ1) is 16.8. The topological polar surface area (TPSA) is 49.4 Å². The first-order valence-corrected chi connectivity index (χ1v) is 13.2. The maximum absolute atomic E-state index is 13.7. The molecule has 0 aromatic heterocycles. The monoisotopic (exact) mass is 508 g/mol. The smallest absolute Gasteiger partial charge is 0.243 e. The van der Waals surface area contributed by atoms with Crippen molar-refractivity contribution < 1.29 is 9.59 Å². The summed E-state index contributed by atoms with van der Waals surface area (Å²) >= 11 is 7.94. The third-order valence-electron chi connectivity index (χ3n) is 5.64. The van der Waals surface area contributed by atoms with Crippen LogP contribution in [0.2, 0.25) is 5.02 Å². The molecule has 0 radical (unpaired) electrons. The number of halogens is 1. The lowest BCUT2D eigenvalue weighted by Crippen LogP contribution is -2.51. The molecule has 3 rings (SSSR count). The van der Waals surface area contributed by atoms with Gasteiger partial charge in [0.2, 0.25) is 11.8 Å². The standard InChI is InChI=1S/C29H33ClN2O2S/c1-21(2)18-31-29(34)27(17-23-9-5-4-6-10-23)32(19-24-11-7-8-12-26(24)30)28(33)20-35-25-15-13-22(3)14-16-25/h4-16,21,27H,17-20H2,1-3H3,(H,31,34)/t27-/m0/s1. The lowest BCUT2D eigenvalue weighted by Gasteiger charge is -2.32. The summed E-state index contributed by atoms with van der Waals surface area (Å²) in [4.78, 5) is 29.8. The molecular formula is C29H33ClN2O2S. The van der Waals surface area contributed by atoms with Crippen LogP contribution >= 0.6 is 23.4 Å². The lowest BCUT2D eigenvalue weighted by atomic mass is 10.0. The third kappa shape index (κ3) is 8.44. The molecule has 0 unspecified atom stereocenters.